The fraction of sp³-hybridized carbons (Fsp3) is 0.481. The van der Waals surface area contributed by atoms with Crippen LogP contribution >= 0.6 is 0 Å². The Labute approximate surface area is 229 Å². The Morgan fingerprint density at radius 2 is 1.46 bits per heavy atom. The van der Waals surface area contributed by atoms with Gasteiger partial charge in [0.25, 0.3) is 0 Å². The zero-order chi connectivity index (χ0) is 30.3. The molecule has 0 atom stereocenters. The van der Waals surface area contributed by atoms with E-state index >= 15 is 0 Å². The van der Waals surface area contributed by atoms with E-state index in [1.54, 1.807) is 6.92 Å². The summed E-state index contributed by atoms with van der Waals surface area (Å²) in [4.78, 5) is 19.1. The van der Waals surface area contributed by atoms with Crippen molar-refractivity contribution in [1.29, 1.82) is 0 Å². The molecule has 0 spiro atoms. The number of halogens is 9. The summed E-state index contributed by atoms with van der Waals surface area (Å²) in [6.07, 6.45) is -12.4. The Kier molecular flexibility index (Phi) is 8.25. The fourth-order valence-corrected chi connectivity index (χ4v) is 5.09. The van der Waals surface area contributed by atoms with E-state index in [1.807, 2.05) is 4.90 Å². The Hall–Kier alpha value is -3.45. The van der Waals surface area contributed by atoms with Crippen LogP contribution in [0.4, 0.5) is 45.3 Å². The lowest BCUT2D eigenvalue weighted by Gasteiger charge is -2.36. The fourth-order valence-electron chi connectivity index (χ4n) is 5.09. The highest BCUT2D eigenvalue weighted by atomic mass is 19.4. The molecular weight excluding hydrogens is 569 g/mol. The smallest absolute Gasteiger partial charge is 0.417 e. The van der Waals surface area contributed by atoms with Crippen molar-refractivity contribution in [2.45, 2.75) is 70.6 Å². The topological polar surface area (TPSA) is 45.7 Å². The minimum absolute atomic E-state index is 0.00482. The molecule has 5 nitrogen and oxygen atoms in total. The molecule has 1 fully saturated rings. The van der Waals surface area contributed by atoms with Crippen molar-refractivity contribution in [3.63, 3.8) is 0 Å². The number of Topliss-reactive ketones (excluding diaryl/α,β-unsaturated/α-hetero) is 1. The summed E-state index contributed by atoms with van der Waals surface area (Å²) in [5.74, 6) is 0.101. The number of benzene rings is 1. The minimum Gasteiger partial charge on any atom is -0.471 e. The molecule has 1 aromatic heterocycles. The molecule has 14 heteroatoms. The first-order valence-corrected chi connectivity index (χ1v) is 12.7. The van der Waals surface area contributed by atoms with Crippen molar-refractivity contribution in [2.24, 2.45) is 0 Å². The third-order valence-corrected chi connectivity index (χ3v) is 7.22. The first kappa shape index (κ1) is 30.5. The molecule has 1 aliphatic carbocycles. The van der Waals surface area contributed by atoms with Gasteiger partial charge in [-0.25, -0.2) is 4.98 Å². The number of carbonyl (C=O) groups excluding carboxylic acids is 1. The van der Waals surface area contributed by atoms with E-state index < -0.39 is 40.8 Å². The Morgan fingerprint density at radius 1 is 0.902 bits per heavy atom. The molecule has 0 amide bonds. The van der Waals surface area contributed by atoms with Gasteiger partial charge in [-0.1, -0.05) is 0 Å². The van der Waals surface area contributed by atoms with Crippen LogP contribution in [0.5, 0.6) is 0 Å². The predicted octanol–water partition coefficient (Wildman–Crippen LogP) is 7.65. The highest BCUT2D eigenvalue weighted by Crippen LogP contribution is 2.41. The van der Waals surface area contributed by atoms with Gasteiger partial charge in [0.1, 0.15) is 17.4 Å². The Bertz CT molecular complexity index is 1290. The van der Waals surface area contributed by atoms with Gasteiger partial charge in [-0.05, 0) is 51.0 Å². The number of allylic oxidation sites excluding steroid dienone is 1. The standard InChI is InChI=1S/C27H26F9N3O2/c1-3-39(21-4-6-22(40)7-5-21)24-17(10-20(12-37-24)27(34,35)36)13-38-14-41-23(15(38)2)16-8-18(25(28,29)30)11-19(9-16)26(31,32)33/h8-12,21H,3-7,13-14H2,1-2H3. The lowest BCUT2D eigenvalue weighted by molar-refractivity contribution is -0.143. The molecule has 0 N–H and O–H groups in total. The van der Waals surface area contributed by atoms with Crippen LogP contribution in [0.25, 0.3) is 5.76 Å². The Morgan fingerprint density at radius 3 is 1.98 bits per heavy atom. The predicted molar refractivity (Wildman–Crippen MR) is 130 cm³/mol. The number of ketones is 1. The molecule has 2 aromatic rings. The lowest BCUT2D eigenvalue weighted by atomic mass is 9.93. The van der Waals surface area contributed by atoms with Crippen molar-refractivity contribution in [3.05, 3.63) is 64.0 Å². The Balaban J connectivity index is 1.73. The van der Waals surface area contributed by atoms with Gasteiger partial charge in [0, 0.05) is 49.3 Å². The summed E-state index contributed by atoms with van der Waals surface area (Å²) in [6, 6.07) is 1.87. The molecule has 1 aromatic carbocycles. The highest BCUT2D eigenvalue weighted by molar-refractivity contribution is 5.79. The molecule has 2 aliphatic rings. The number of hydrogen-bond donors (Lipinski definition) is 0. The number of carbonyl (C=O) groups is 1. The van der Waals surface area contributed by atoms with Crippen LogP contribution in [0.3, 0.4) is 0 Å². The zero-order valence-corrected chi connectivity index (χ0v) is 22.0. The van der Waals surface area contributed by atoms with E-state index in [9.17, 15) is 44.3 Å². The number of pyridine rings is 1. The zero-order valence-electron chi connectivity index (χ0n) is 22.0. The molecule has 4 rings (SSSR count). The van der Waals surface area contributed by atoms with Crippen LogP contribution in [0.15, 0.2) is 36.2 Å². The van der Waals surface area contributed by atoms with Gasteiger partial charge in [-0.2, -0.15) is 39.5 Å². The second kappa shape index (κ2) is 11.1. The van der Waals surface area contributed by atoms with Crippen LogP contribution in [0.2, 0.25) is 0 Å². The highest BCUT2D eigenvalue weighted by Gasteiger charge is 2.39. The maximum absolute atomic E-state index is 13.6. The first-order valence-electron chi connectivity index (χ1n) is 12.7. The molecule has 1 aliphatic heterocycles. The van der Waals surface area contributed by atoms with Gasteiger partial charge < -0.3 is 14.5 Å². The maximum Gasteiger partial charge on any atom is 0.417 e. The third-order valence-electron chi connectivity index (χ3n) is 7.22. The van der Waals surface area contributed by atoms with Crippen LogP contribution in [-0.2, 0) is 34.6 Å². The molecule has 41 heavy (non-hydrogen) atoms. The third kappa shape index (κ3) is 6.72. The largest absolute Gasteiger partial charge is 0.471 e. The number of hydrogen-bond acceptors (Lipinski definition) is 5. The minimum atomic E-state index is -5.06. The molecule has 224 valence electrons. The van der Waals surface area contributed by atoms with Crippen LogP contribution < -0.4 is 4.90 Å². The molecule has 2 heterocycles. The van der Waals surface area contributed by atoms with Crippen LogP contribution in [0.1, 0.15) is 67.3 Å². The second-order valence-electron chi connectivity index (χ2n) is 9.94. The van der Waals surface area contributed by atoms with E-state index in [2.05, 4.69) is 4.98 Å². The van der Waals surface area contributed by atoms with Crippen molar-refractivity contribution in [1.82, 2.24) is 9.88 Å². The average molecular weight is 596 g/mol. The average Bonchev–Trinajstić information content (AvgIpc) is 3.24. The number of rotatable bonds is 6. The van der Waals surface area contributed by atoms with E-state index in [0.29, 0.717) is 50.6 Å². The monoisotopic (exact) mass is 595 g/mol. The SMILES string of the molecule is CCN(c1ncc(C(F)(F)F)cc1CN1COC(c2cc(C(F)(F)F)cc(C(F)(F)F)c2)=C1C)C1CCC(=O)CC1. The molecule has 0 saturated heterocycles. The second-order valence-corrected chi connectivity index (χ2v) is 9.94. The van der Waals surface area contributed by atoms with Crippen molar-refractivity contribution in [3.8, 4) is 0 Å². The number of nitrogens with zero attached hydrogens (tertiary/aromatic N) is 3. The lowest BCUT2D eigenvalue weighted by Crippen LogP contribution is -2.39. The summed E-state index contributed by atoms with van der Waals surface area (Å²) < 4.78 is 127. The van der Waals surface area contributed by atoms with Gasteiger partial charge in [0.15, 0.2) is 6.73 Å². The molecule has 0 bridgehead atoms. The molecule has 1 saturated carbocycles. The van der Waals surface area contributed by atoms with E-state index in [4.69, 9.17) is 4.74 Å². The van der Waals surface area contributed by atoms with Gasteiger partial charge in [-0.15, -0.1) is 0 Å². The van der Waals surface area contributed by atoms with E-state index in [-0.39, 0.29) is 54.0 Å². The van der Waals surface area contributed by atoms with Crippen molar-refractivity contribution >= 4 is 17.4 Å². The van der Waals surface area contributed by atoms with Gasteiger partial charge in [0.05, 0.1) is 22.4 Å². The summed E-state index contributed by atoms with van der Waals surface area (Å²) >= 11 is 0. The number of alkyl halides is 9. The molecule has 0 radical (unpaired) electrons. The summed E-state index contributed by atoms with van der Waals surface area (Å²) in [5, 5.41) is 0. The summed E-state index contributed by atoms with van der Waals surface area (Å²) in [7, 11) is 0. The van der Waals surface area contributed by atoms with Crippen LogP contribution in [-0.4, -0.2) is 35.0 Å². The first-order chi connectivity index (χ1) is 19.0. The van der Waals surface area contributed by atoms with Crippen molar-refractivity contribution in [2.75, 3.05) is 18.2 Å². The number of aromatic nitrogens is 1. The quantitative estimate of drug-likeness (QED) is 0.321. The number of ether oxygens (including phenoxy) is 1. The van der Waals surface area contributed by atoms with Gasteiger partial charge in [-0.3, -0.25) is 4.79 Å². The normalized spacial score (nSPS) is 17.3. The molecular formula is C27H26F9N3O2. The van der Waals surface area contributed by atoms with E-state index in [1.165, 1.54) is 11.8 Å². The van der Waals surface area contributed by atoms with Crippen molar-refractivity contribution < 1.29 is 49.0 Å². The number of anilines is 1. The van der Waals surface area contributed by atoms with Gasteiger partial charge >= 0.3 is 18.5 Å². The van der Waals surface area contributed by atoms with Crippen LogP contribution in [0, 0.1) is 0 Å². The van der Waals surface area contributed by atoms with E-state index in [0.717, 1.165) is 6.07 Å². The molecule has 0 unspecified atom stereocenters. The summed E-state index contributed by atoms with van der Waals surface area (Å²) in [5.41, 5.74) is -4.22. The maximum atomic E-state index is 13.6. The summed E-state index contributed by atoms with van der Waals surface area (Å²) in [6.45, 7) is 3.05. The van der Waals surface area contributed by atoms with Gasteiger partial charge in [0.2, 0.25) is 0 Å².